The Morgan fingerprint density at radius 3 is 2.41 bits per heavy atom. The summed E-state index contributed by atoms with van der Waals surface area (Å²) < 4.78 is 9.01. The minimum absolute atomic E-state index is 0.0283. The van der Waals surface area contributed by atoms with Gasteiger partial charge in [0.25, 0.3) is 17.4 Å². The van der Waals surface area contributed by atoms with Crippen LogP contribution in [0.3, 0.4) is 0 Å². The minimum Gasteiger partial charge on any atom is -0.486 e. The summed E-state index contributed by atoms with van der Waals surface area (Å²) in [7, 11) is 0. The smallest absolute Gasteiger partial charge is 0.290 e. The molecule has 3 aromatic heterocycles. The standard InChI is InChI=1S/C27H24N6O4/c1-17(2)33-27(36)20-10-4-3-9-19(20)24(31-33)26(35)30-29-25(34)21-11-5-6-12-22(21)37-16-18-15-32-14-8-7-13-23(32)28-18/h3-15,17H,16H2,1-2H3,(H,29,34)(H,30,35). The van der Waals surface area contributed by atoms with Gasteiger partial charge in [-0.05, 0) is 44.2 Å². The van der Waals surface area contributed by atoms with Crippen LogP contribution in [-0.2, 0) is 6.61 Å². The van der Waals surface area contributed by atoms with Gasteiger partial charge in [-0.3, -0.25) is 25.2 Å². The first-order chi connectivity index (χ1) is 17.9. The van der Waals surface area contributed by atoms with E-state index in [0.29, 0.717) is 22.2 Å². The number of ether oxygens (including phenoxy) is 1. The van der Waals surface area contributed by atoms with E-state index in [-0.39, 0.29) is 29.5 Å². The first-order valence-electron chi connectivity index (χ1n) is 11.7. The molecule has 0 spiro atoms. The van der Waals surface area contributed by atoms with E-state index < -0.39 is 11.8 Å². The number of para-hydroxylation sites is 1. The van der Waals surface area contributed by atoms with E-state index in [0.717, 1.165) is 5.65 Å². The monoisotopic (exact) mass is 496 g/mol. The molecule has 186 valence electrons. The molecule has 5 rings (SSSR count). The third-order valence-corrected chi connectivity index (χ3v) is 5.74. The molecule has 0 saturated heterocycles. The van der Waals surface area contributed by atoms with Crippen molar-refractivity contribution >= 4 is 28.2 Å². The largest absolute Gasteiger partial charge is 0.486 e. The summed E-state index contributed by atoms with van der Waals surface area (Å²) in [4.78, 5) is 43.2. The van der Waals surface area contributed by atoms with Crippen LogP contribution in [0.25, 0.3) is 16.4 Å². The summed E-state index contributed by atoms with van der Waals surface area (Å²) in [6.45, 7) is 3.76. The zero-order valence-electron chi connectivity index (χ0n) is 20.2. The number of carbonyl (C=O) groups excluding carboxylic acids is 2. The van der Waals surface area contributed by atoms with Gasteiger partial charge in [0, 0.05) is 17.8 Å². The van der Waals surface area contributed by atoms with Gasteiger partial charge in [0.15, 0.2) is 5.69 Å². The number of pyridine rings is 1. The van der Waals surface area contributed by atoms with E-state index in [1.807, 2.05) is 35.0 Å². The van der Waals surface area contributed by atoms with Gasteiger partial charge < -0.3 is 9.14 Å². The molecule has 0 aliphatic heterocycles. The molecule has 3 heterocycles. The maximum atomic E-state index is 13.0. The van der Waals surface area contributed by atoms with Crippen molar-refractivity contribution in [2.45, 2.75) is 26.5 Å². The number of hydrogen-bond donors (Lipinski definition) is 2. The zero-order chi connectivity index (χ0) is 25.9. The topological polar surface area (TPSA) is 120 Å². The summed E-state index contributed by atoms with van der Waals surface area (Å²) in [6, 6.07) is 18.9. The summed E-state index contributed by atoms with van der Waals surface area (Å²) >= 11 is 0. The summed E-state index contributed by atoms with van der Waals surface area (Å²) in [5, 5.41) is 5.02. The van der Waals surface area contributed by atoms with Crippen LogP contribution < -0.4 is 21.1 Å². The predicted molar refractivity (Wildman–Crippen MR) is 137 cm³/mol. The molecule has 10 heteroatoms. The number of aromatic nitrogens is 4. The van der Waals surface area contributed by atoms with Crippen molar-refractivity contribution in [2.75, 3.05) is 0 Å². The van der Waals surface area contributed by atoms with Crippen molar-refractivity contribution in [2.24, 2.45) is 0 Å². The molecule has 2 aromatic carbocycles. The molecule has 0 radical (unpaired) electrons. The van der Waals surface area contributed by atoms with Crippen LogP contribution >= 0.6 is 0 Å². The highest BCUT2D eigenvalue weighted by Crippen LogP contribution is 2.20. The number of nitrogens with one attached hydrogen (secondary N) is 2. The molecule has 0 unspecified atom stereocenters. The first-order valence-corrected chi connectivity index (χ1v) is 11.7. The fourth-order valence-corrected chi connectivity index (χ4v) is 3.95. The Kier molecular flexibility index (Phi) is 6.38. The Hall–Kier alpha value is -4.99. The first kappa shape index (κ1) is 23.7. The van der Waals surface area contributed by atoms with Crippen LogP contribution in [0.5, 0.6) is 5.75 Å². The fourth-order valence-electron chi connectivity index (χ4n) is 3.95. The SMILES string of the molecule is CC(C)n1nc(C(=O)NNC(=O)c2ccccc2OCc2cn3ccccc3n2)c2ccccc2c1=O. The van der Waals surface area contributed by atoms with Gasteiger partial charge in [0.2, 0.25) is 0 Å². The quantitative estimate of drug-likeness (QED) is 0.348. The second-order valence-electron chi connectivity index (χ2n) is 8.63. The van der Waals surface area contributed by atoms with Gasteiger partial charge in [-0.15, -0.1) is 0 Å². The number of fused-ring (bicyclic) bond motifs is 2. The van der Waals surface area contributed by atoms with Crippen molar-refractivity contribution in [3.8, 4) is 5.75 Å². The molecule has 10 nitrogen and oxygen atoms in total. The summed E-state index contributed by atoms with van der Waals surface area (Å²) in [6.07, 6.45) is 3.74. The van der Waals surface area contributed by atoms with E-state index in [9.17, 15) is 14.4 Å². The molecule has 37 heavy (non-hydrogen) atoms. The van der Waals surface area contributed by atoms with Crippen LogP contribution in [0.15, 0.2) is 83.9 Å². The van der Waals surface area contributed by atoms with Crippen LogP contribution in [-0.4, -0.2) is 31.0 Å². The highest BCUT2D eigenvalue weighted by Gasteiger charge is 2.19. The Labute approximate surface area is 211 Å². The van der Waals surface area contributed by atoms with Crippen molar-refractivity contribution in [3.63, 3.8) is 0 Å². The minimum atomic E-state index is -0.651. The molecule has 0 fully saturated rings. The molecule has 5 aromatic rings. The number of hydrogen-bond acceptors (Lipinski definition) is 6. The van der Waals surface area contributed by atoms with Crippen molar-refractivity contribution < 1.29 is 14.3 Å². The van der Waals surface area contributed by atoms with E-state index >= 15 is 0 Å². The van der Waals surface area contributed by atoms with E-state index in [1.54, 1.807) is 62.4 Å². The maximum Gasteiger partial charge on any atom is 0.290 e. The Morgan fingerprint density at radius 1 is 0.919 bits per heavy atom. The maximum absolute atomic E-state index is 13.0. The van der Waals surface area contributed by atoms with E-state index in [4.69, 9.17) is 4.74 Å². The number of carbonyl (C=O) groups is 2. The lowest BCUT2D eigenvalue weighted by atomic mass is 10.1. The number of hydrazine groups is 1. The van der Waals surface area contributed by atoms with Gasteiger partial charge in [0.05, 0.1) is 22.7 Å². The van der Waals surface area contributed by atoms with Gasteiger partial charge in [0.1, 0.15) is 18.0 Å². The van der Waals surface area contributed by atoms with Gasteiger partial charge in [-0.25, -0.2) is 9.67 Å². The highest BCUT2D eigenvalue weighted by atomic mass is 16.5. The van der Waals surface area contributed by atoms with Gasteiger partial charge in [-0.2, -0.15) is 5.10 Å². The third-order valence-electron chi connectivity index (χ3n) is 5.74. The third kappa shape index (κ3) is 4.76. The molecular weight excluding hydrogens is 472 g/mol. The lowest BCUT2D eigenvalue weighted by molar-refractivity contribution is 0.0841. The number of amides is 2. The summed E-state index contributed by atoms with van der Waals surface area (Å²) in [5.41, 5.74) is 6.29. The lowest BCUT2D eigenvalue weighted by Crippen LogP contribution is -2.43. The van der Waals surface area contributed by atoms with Crippen LogP contribution in [0.1, 0.15) is 46.4 Å². The second-order valence-corrected chi connectivity index (χ2v) is 8.63. The average molecular weight is 497 g/mol. The Bertz CT molecular complexity index is 1650. The van der Waals surface area contributed by atoms with Crippen LogP contribution in [0.2, 0.25) is 0 Å². The number of benzene rings is 2. The van der Waals surface area contributed by atoms with E-state index in [2.05, 4.69) is 20.9 Å². The number of imidazole rings is 1. The average Bonchev–Trinajstić information content (AvgIpc) is 3.34. The molecule has 2 N–H and O–H groups in total. The Morgan fingerprint density at radius 2 is 1.62 bits per heavy atom. The van der Waals surface area contributed by atoms with Crippen molar-refractivity contribution in [3.05, 3.63) is 106 Å². The Balaban J connectivity index is 1.32. The molecule has 0 aliphatic rings. The molecule has 2 amide bonds. The second kappa shape index (κ2) is 9.94. The normalized spacial score (nSPS) is 11.1. The van der Waals surface area contributed by atoms with Crippen LogP contribution in [0.4, 0.5) is 0 Å². The number of nitrogens with zero attached hydrogens (tertiary/aromatic N) is 4. The van der Waals surface area contributed by atoms with Gasteiger partial charge >= 0.3 is 0 Å². The van der Waals surface area contributed by atoms with Gasteiger partial charge in [-0.1, -0.05) is 36.4 Å². The molecule has 0 saturated carbocycles. The zero-order valence-corrected chi connectivity index (χ0v) is 20.2. The molecule has 0 bridgehead atoms. The number of rotatable bonds is 6. The van der Waals surface area contributed by atoms with Crippen LogP contribution in [0, 0.1) is 0 Å². The lowest BCUT2D eigenvalue weighted by Gasteiger charge is -2.14. The molecule has 0 aliphatic carbocycles. The molecular formula is C27H24N6O4. The van der Waals surface area contributed by atoms with E-state index in [1.165, 1.54) is 4.68 Å². The molecule has 0 atom stereocenters. The fraction of sp³-hybridized carbons (Fsp3) is 0.148. The predicted octanol–water partition coefficient (Wildman–Crippen LogP) is 3.28. The van der Waals surface area contributed by atoms with Crippen molar-refractivity contribution in [1.29, 1.82) is 0 Å². The summed E-state index contributed by atoms with van der Waals surface area (Å²) in [5.74, 6) is -0.884. The van der Waals surface area contributed by atoms with Crippen molar-refractivity contribution in [1.82, 2.24) is 30.0 Å². The highest BCUT2D eigenvalue weighted by molar-refractivity contribution is 6.06.